The largest absolute Gasteiger partial charge is 0.390 e. The minimum atomic E-state index is -0.828. The molecule has 2 unspecified atom stereocenters. The molecule has 0 aliphatic heterocycles. The van der Waals surface area contributed by atoms with Crippen LogP contribution in [0.2, 0.25) is 0 Å². The first-order chi connectivity index (χ1) is 9.77. The van der Waals surface area contributed by atoms with E-state index in [4.69, 9.17) is 0 Å². The lowest BCUT2D eigenvalue weighted by atomic mass is 9.81. The van der Waals surface area contributed by atoms with Crippen molar-refractivity contribution in [2.75, 3.05) is 0 Å². The van der Waals surface area contributed by atoms with Gasteiger partial charge in [-0.25, -0.2) is 0 Å². The molecule has 0 saturated heterocycles. The van der Waals surface area contributed by atoms with Crippen molar-refractivity contribution in [1.82, 2.24) is 4.98 Å². The van der Waals surface area contributed by atoms with Gasteiger partial charge >= 0.3 is 0 Å². The van der Waals surface area contributed by atoms with Gasteiger partial charge in [-0.3, -0.25) is 4.98 Å². The molecule has 2 atom stereocenters. The molecule has 0 bridgehead atoms. The Balaban J connectivity index is 1.89. The van der Waals surface area contributed by atoms with Gasteiger partial charge in [-0.2, -0.15) is 0 Å². The van der Waals surface area contributed by atoms with Crippen LogP contribution < -0.4 is 0 Å². The molecule has 2 aromatic rings. The number of hydrogen-bond donors (Lipinski definition) is 2. The minimum Gasteiger partial charge on any atom is -0.390 e. The van der Waals surface area contributed by atoms with Gasteiger partial charge in [0.05, 0.1) is 6.10 Å². The molecule has 1 aliphatic rings. The Hall–Kier alpha value is -1.45. The molecule has 2 N–H and O–H groups in total. The topological polar surface area (TPSA) is 53.4 Å². The molecular weight excluding hydrogens is 250 g/mol. The van der Waals surface area contributed by atoms with Crippen molar-refractivity contribution in [3.8, 4) is 0 Å². The summed E-state index contributed by atoms with van der Waals surface area (Å²) in [6.45, 7) is 0. The molecule has 0 radical (unpaired) electrons. The second-order valence-electron chi connectivity index (χ2n) is 5.78. The first kappa shape index (κ1) is 13.5. The van der Waals surface area contributed by atoms with Crippen LogP contribution in [0.4, 0.5) is 0 Å². The van der Waals surface area contributed by atoms with E-state index in [1.54, 1.807) is 12.4 Å². The predicted octanol–water partition coefficient (Wildman–Crippen LogP) is 3.21. The molecule has 1 aromatic heterocycles. The number of pyridine rings is 1. The average Bonchev–Trinajstić information content (AvgIpc) is 2.54. The molecule has 106 valence electrons. The normalized spacial score (nSPS) is 19.9. The zero-order valence-corrected chi connectivity index (χ0v) is 11.6. The third-order valence-electron chi connectivity index (χ3n) is 4.49. The van der Waals surface area contributed by atoms with Gasteiger partial charge in [0.2, 0.25) is 0 Å². The summed E-state index contributed by atoms with van der Waals surface area (Å²) in [5.74, 6) is 0.214. The number of aliphatic hydroxyl groups is 2. The van der Waals surface area contributed by atoms with Crippen LogP contribution in [0, 0.1) is 5.92 Å². The Bertz CT molecular complexity index is 573. The van der Waals surface area contributed by atoms with E-state index in [1.807, 2.05) is 24.3 Å². The van der Waals surface area contributed by atoms with Crippen molar-refractivity contribution in [3.05, 3.63) is 42.2 Å². The van der Waals surface area contributed by atoms with Gasteiger partial charge < -0.3 is 10.2 Å². The molecule has 0 spiro atoms. The number of hydrogen-bond acceptors (Lipinski definition) is 3. The monoisotopic (exact) mass is 271 g/mol. The summed E-state index contributed by atoms with van der Waals surface area (Å²) in [4.78, 5) is 4.14. The highest BCUT2D eigenvalue weighted by Gasteiger charge is 2.29. The van der Waals surface area contributed by atoms with E-state index in [1.165, 1.54) is 6.42 Å². The maximum absolute atomic E-state index is 10.6. The summed E-state index contributed by atoms with van der Waals surface area (Å²) in [5.41, 5.74) is 0.786. The summed E-state index contributed by atoms with van der Waals surface area (Å²) in [6.07, 6.45) is 7.60. The standard InChI is InChI=1S/C17H21NO2/c19-16(13-5-2-1-3-6-13)17(20)14-8-4-7-12-9-10-18-11-15(12)14/h4,7-11,13,16-17,19-20H,1-3,5-6H2. The lowest BCUT2D eigenvalue weighted by Crippen LogP contribution is -2.29. The molecular formula is C17H21NO2. The lowest BCUT2D eigenvalue weighted by molar-refractivity contribution is -0.0278. The number of aromatic nitrogens is 1. The highest BCUT2D eigenvalue weighted by atomic mass is 16.3. The van der Waals surface area contributed by atoms with E-state index in [0.29, 0.717) is 0 Å². The average molecular weight is 271 g/mol. The Labute approximate surface area is 119 Å². The van der Waals surface area contributed by atoms with Gasteiger partial charge in [0, 0.05) is 17.8 Å². The smallest absolute Gasteiger partial charge is 0.106 e. The second kappa shape index (κ2) is 5.90. The molecule has 20 heavy (non-hydrogen) atoms. The molecule has 3 nitrogen and oxygen atoms in total. The van der Waals surface area contributed by atoms with Crippen molar-refractivity contribution in [2.24, 2.45) is 5.92 Å². The Morgan fingerprint density at radius 1 is 1.05 bits per heavy atom. The fourth-order valence-corrected chi connectivity index (χ4v) is 3.31. The molecule has 1 aliphatic carbocycles. The first-order valence-corrected chi connectivity index (χ1v) is 7.46. The van der Waals surface area contributed by atoms with Crippen LogP contribution >= 0.6 is 0 Å². The van der Waals surface area contributed by atoms with Gasteiger partial charge in [-0.1, -0.05) is 37.5 Å². The molecule has 0 amide bonds. The quantitative estimate of drug-likeness (QED) is 0.901. The highest BCUT2D eigenvalue weighted by molar-refractivity contribution is 5.85. The summed E-state index contributed by atoms with van der Waals surface area (Å²) in [6, 6.07) is 7.74. The zero-order chi connectivity index (χ0) is 13.9. The van der Waals surface area contributed by atoms with Crippen LogP contribution in [0.5, 0.6) is 0 Å². The van der Waals surface area contributed by atoms with Gasteiger partial charge in [-0.05, 0) is 35.8 Å². The van der Waals surface area contributed by atoms with Gasteiger partial charge in [0.1, 0.15) is 6.10 Å². The van der Waals surface area contributed by atoms with Gasteiger partial charge in [0.25, 0.3) is 0 Å². The van der Waals surface area contributed by atoms with E-state index in [9.17, 15) is 10.2 Å². The Morgan fingerprint density at radius 3 is 2.65 bits per heavy atom. The SMILES string of the molecule is OC(c1cccc2ccncc12)C(O)C1CCCCC1. The summed E-state index contributed by atoms with van der Waals surface area (Å²) < 4.78 is 0. The number of benzene rings is 1. The Kier molecular flexibility index (Phi) is 3.99. The van der Waals surface area contributed by atoms with Gasteiger partial charge in [0.15, 0.2) is 0 Å². The molecule has 3 heteroatoms. The molecule has 1 aromatic carbocycles. The maximum Gasteiger partial charge on any atom is 0.106 e. The zero-order valence-electron chi connectivity index (χ0n) is 11.6. The molecule has 1 saturated carbocycles. The predicted molar refractivity (Wildman–Crippen MR) is 79.3 cm³/mol. The summed E-state index contributed by atoms with van der Waals surface area (Å²) >= 11 is 0. The number of fused-ring (bicyclic) bond motifs is 1. The third-order valence-corrected chi connectivity index (χ3v) is 4.49. The third kappa shape index (κ3) is 2.56. The number of nitrogens with zero attached hydrogens (tertiary/aromatic N) is 1. The van der Waals surface area contributed by atoms with E-state index < -0.39 is 12.2 Å². The van der Waals surface area contributed by atoms with E-state index in [2.05, 4.69) is 4.98 Å². The van der Waals surface area contributed by atoms with Crippen molar-refractivity contribution >= 4 is 10.8 Å². The van der Waals surface area contributed by atoms with Crippen LogP contribution in [-0.4, -0.2) is 21.3 Å². The summed E-state index contributed by atoms with van der Waals surface area (Å²) in [7, 11) is 0. The van der Waals surface area contributed by atoms with E-state index in [-0.39, 0.29) is 5.92 Å². The molecule has 3 rings (SSSR count). The summed E-state index contributed by atoms with van der Waals surface area (Å²) in [5, 5.41) is 23.0. The van der Waals surface area contributed by atoms with Crippen LogP contribution in [0.1, 0.15) is 43.8 Å². The van der Waals surface area contributed by atoms with Crippen LogP contribution in [0.15, 0.2) is 36.7 Å². The fourth-order valence-electron chi connectivity index (χ4n) is 3.31. The van der Waals surface area contributed by atoms with Crippen LogP contribution in [0.25, 0.3) is 10.8 Å². The number of rotatable bonds is 3. The second-order valence-corrected chi connectivity index (χ2v) is 5.78. The van der Waals surface area contributed by atoms with Crippen molar-refractivity contribution in [2.45, 2.75) is 44.3 Å². The minimum absolute atomic E-state index is 0.214. The van der Waals surface area contributed by atoms with Crippen molar-refractivity contribution in [1.29, 1.82) is 0 Å². The first-order valence-electron chi connectivity index (χ1n) is 7.46. The molecule has 1 heterocycles. The maximum atomic E-state index is 10.6. The van der Waals surface area contributed by atoms with Crippen molar-refractivity contribution in [3.63, 3.8) is 0 Å². The van der Waals surface area contributed by atoms with Crippen LogP contribution in [-0.2, 0) is 0 Å². The van der Waals surface area contributed by atoms with Crippen LogP contribution in [0.3, 0.4) is 0 Å². The van der Waals surface area contributed by atoms with E-state index in [0.717, 1.165) is 42.0 Å². The molecule has 1 fully saturated rings. The Morgan fingerprint density at radius 2 is 1.85 bits per heavy atom. The fraction of sp³-hybridized carbons (Fsp3) is 0.471. The highest BCUT2D eigenvalue weighted by Crippen LogP contribution is 2.34. The van der Waals surface area contributed by atoms with Gasteiger partial charge in [-0.15, -0.1) is 0 Å². The van der Waals surface area contributed by atoms with Crippen molar-refractivity contribution < 1.29 is 10.2 Å². The number of aliphatic hydroxyl groups excluding tert-OH is 2. The lowest BCUT2D eigenvalue weighted by Gasteiger charge is -2.30. The van der Waals surface area contributed by atoms with E-state index >= 15 is 0 Å².